The van der Waals surface area contributed by atoms with Crippen molar-refractivity contribution in [3.63, 3.8) is 0 Å². The molecule has 0 bridgehead atoms. The van der Waals surface area contributed by atoms with Crippen molar-refractivity contribution < 1.29 is 19.4 Å². The molecule has 0 aliphatic carbocycles. The Bertz CT molecular complexity index is 482. The first-order chi connectivity index (χ1) is 11.1. The molecule has 0 aromatic carbocycles. The van der Waals surface area contributed by atoms with E-state index in [1.165, 1.54) is 0 Å². The van der Waals surface area contributed by atoms with Gasteiger partial charge in [0, 0.05) is 11.8 Å². The number of Topliss-reactive ketones (excluding diaryl/α,β-unsaturated/α-hetero) is 1. The zero-order chi connectivity index (χ0) is 18.6. The molecular weight excluding hydrogens is 304 g/mol. The van der Waals surface area contributed by atoms with E-state index in [2.05, 4.69) is 6.92 Å². The molecule has 138 valence electrons. The minimum Gasteiger partial charge on any atom is -0.461 e. The average Bonchev–Trinajstić information content (AvgIpc) is 2.55. The summed E-state index contributed by atoms with van der Waals surface area (Å²) in [6.45, 7) is 13.7. The molecule has 24 heavy (non-hydrogen) atoms. The predicted molar refractivity (Wildman–Crippen MR) is 95.4 cm³/mol. The molecule has 1 fully saturated rings. The van der Waals surface area contributed by atoms with Crippen LogP contribution in [0, 0.1) is 29.6 Å². The number of esters is 1. The van der Waals surface area contributed by atoms with Crippen molar-refractivity contribution in [2.75, 3.05) is 0 Å². The molecule has 4 nitrogen and oxygen atoms in total. The number of cyclic esters (lactones) is 1. The number of aliphatic hydroxyl groups excluding tert-OH is 1. The molecule has 1 aliphatic rings. The number of allylic oxidation sites excluding steroid dienone is 2. The lowest BCUT2D eigenvalue weighted by molar-refractivity contribution is -0.188. The molecule has 0 aromatic heterocycles. The van der Waals surface area contributed by atoms with Gasteiger partial charge in [0.05, 0.1) is 12.0 Å². The molecule has 0 spiro atoms. The fraction of sp³-hybridized carbons (Fsp3) is 0.800. The van der Waals surface area contributed by atoms with Gasteiger partial charge in [-0.3, -0.25) is 9.59 Å². The topological polar surface area (TPSA) is 63.6 Å². The largest absolute Gasteiger partial charge is 0.461 e. The van der Waals surface area contributed by atoms with Crippen molar-refractivity contribution in [3.8, 4) is 0 Å². The van der Waals surface area contributed by atoms with Gasteiger partial charge in [0.15, 0.2) is 0 Å². The third-order valence-electron chi connectivity index (χ3n) is 5.49. The molecule has 1 aliphatic heterocycles. The van der Waals surface area contributed by atoms with E-state index in [0.717, 1.165) is 18.4 Å². The summed E-state index contributed by atoms with van der Waals surface area (Å²) in [6.07, 6.45) is 3.05. The second-order valence-electron chi connectivity index (χ2n) is 7.74. The summed E-state index contributed by atoms with van der Waals surface area (Å²) in [5.41, 5.74) is 1.13. The van der Waals surface area contributed by atoms with Crippen molar-refractivity contribution in [3.05, 3.63) is 11.6 Å². The third kappa shape index (κ3) is 4.92. The van der Waals surface area contributed by atoms with Crippen LogP contribution in [0.1, 0.15) is 61.3 Å². The van der Waals surface area contributed by atoms with E-state index in [4.69, 9.17) is 4.74 Å². The molecule has 1 rings (SSSR count). The average molecular weight is 338 g/mol. The van der Waals surface area contributed by atoms with Gasteiger partial charge in [-0.2, -0.15) is 0 Å². The Labute approximate surface area is 146 Å². The van der Waals surface area contributed by atoms with Crippen LogP contribution in [-0.2, 0) is 14.3 Å². The Morgan fingerprint density at radius 3 is 2.33 bits per heavy atom. The van der Waals surface area contributed by atoms with E-state index < -0.39 is 6.10 Å². The Balaban J connectivity index is 2.60. The van der Waals surface area contributed by atoms with Crippen molar-refractivity contribution >= 4 is 11.8 Å². The van der Waals surface area contributed by atoms with Crippen LogP contribution < -0.4 is 0 Å². The maximum atomic E-state index is 12.5. The third-order valence-corrected chi connectivity index (χ3v) is 5.49. The van der Waals surface area contributed by atoms with Gasteiger partial charge in [0.2, 0.25) is 0 Å². The van der Waals surface area contributed by atoms with Crippen LogP contribution in [0.5, 0.6) is 0 Å². The van der Waals surface area contributed by atoms with Crippen LogP contribution in [0.2, 0.25) is 0 Å². The van der Waals surface area contributed by atoms with Crippen molar-refractivity contribution in [1.29, 1.82) is 0 Å². The molecule has 1 N–H and O–H groups in total. The van der Waals surface area contributed by atoms with E-state index in [0.29, 0.717) is 0 Å². The van der Waals surface area contributed by atoms with Gasteiger partial charge in [0.1, 0.15) is 11.9 Å². The number of carbonyl (C=O) groups is 2. The molecular formula is C20H34O4. The van der Waals surface area contributed by atoms with Crippen molar-refractivity contribution in [1.82, 2.24) is 0 Å². The van der Waals surface area contributed by atoms with Gasteiger partial charge < -0.3 is 9.84 Å². The minimum absolute atomic E-state index is 0.0157. The zero-order valence-electron chi connectivity index (χ0n) is 16.2. The van der Waals surface area contributed by atoms with E-state index in [-0.39, 0.29) is 47.4 Å². The number of hydrogen-bond acceptors (Lipinski definition) is 4. The Kier molecular flexibility index (Phi) is 7.65. The highest BCUT2D eigenvalue weighted by molar-refractivity contribution is 5.85. The smallest absolute Gasteiger partial charge is 0.312 e. The Morgan fingerprint density at radius 2 is 1.88 bits per heavy atom. The van der Waals surface area contributed by atoms with Crippen molar-refractivity contribution in [2.45, 2.75) is 73.5 Å². The molecule has 0 amide bonds. The first-order valence-electron chi connectivity index (χ1n) is 9.19. The number of rotatable bonds is 9. The van der Waals surface area contributed by atoms with Gasteiger partial charge in [0.25, 0.3) is 0 Å². The number of hydrogen-bond donors (Lipinski definition) is 1. The summed E-state index contributed by atoms with van der Waals surface area (Å²) in [7, 11) is 0. The Morgan fingerprint density at radius 1 is 1.29 bits per heavy atom. The van der Waals surface area contributed by atoms with Crippen LogP contribution in [0.25, 0.3) is 0 Å². The van der Waals surface area contributed by atoms with E-state index in [1.807, 2.05) is 47.6 Å². The lowest BCUT2D eigenvalue weighted by atomic mass is 9.82. The SMILES string of the molecule is CCC(C)C(O)C(C)C(=O)C(C)/C=C(\C)CC(C)C1OC(=O)C1C. The van der Waals surface area contributed by atoms with Gasteiger partial charge in [-0.25, -0.2) is 0 Å². The number of ketones is 1. The fourth-order valence-corrected chi connectivity index (χ4v) is 3.53. The van der Waals surface area contributed by atoms with Crippen LogP contribution in [0.4, 0.5) is 0 Å². The second kappa shape index (κ2) is 8.80. The second-order valence-corrected chi connectivity index (χ2v) is 7.74. The van der Waals surface area contributed by atoms with Gasteiger partial charge >= 0.3 is 5.97 Å². The maximum absolute atomic E-state index is 12.5. The van der Waals surface area contributed by atoms with Crippen LogP contribution >= 0.6 is 0 Å². The number of aliphatic hydroxyl groups is 1. The molecule has 0 saturated carbocycles. The first kappa shape index (κ1) is 20.9. The van der Waals surface area contributed by atoms with E-state index in [9.17, 15) is 14.7 Å². The first-order valence-corrected chi connectivity index (χ1v) is 9.19. The highest BCUT2D eigenvalue weighted by atomic mass is 16.6. The molecule has 7 unspecified atom stereocenters. The molecule has 1 heterocycles. The zero-order valence-corrected chi connectivity index (χ0v) is 16.2. The standard InChI is InChI=1S/C20H34O4/c1-8-12(3)17(21)15(6)18(22)13(4)9-11(2)10-14(5)19-16(7)20(23)24-19/h9,12-17,19,21H,8,10H2,1-7H3/b11-9+. The summed E-state index contributed by atoms with van der Waals surface area (Å²) in [5, 5.41) is 10.3. The molecule has 1 saturated heterocycles. The summed E-state index contributed by atoms with van der Waals surface area (Å²) in [6, 6.07) is 0. The van der Waals surface area contributed by atoms with Crippen LogP contribution in [0.15, 0.2) is 11.6 Å². The van der Waals surface area contributed by atoms with E-state index >= 15 is 0 Å². The maximum Gasteiger partial charge on any atom is 0.312 e. The molecule has 4 heteroatoms. The summed E-state index contributed by atoms with van der Waals surface area (Å²) < 4.78 is 5.21. The lowest BCUT2D eigenvalue weighted by Gasteiger charge is -2.37. The monoisotopic (exact) mass is 338 g/mol. The molecule has 7 atom stereocenters. The van der Waals surface area contributed by atoms with Gasteiger partial charge in [-0.1, -0.05) is 52.7 Å². The van der Waals surface area contributed by atoms with E-state index in [1.54, 1.807) is 0 Å². The summed E-state index contributed by atoms with van der Waals surface area (Å²) in [4.78, 5) is 23.8. The lowest BCUT2D eigenvalue weighted by Crippen LogP contribution is -2.47. The van der Waals surface area contributed by atoms with Crippen LogP contribution in [0.3, 0.4) is 0 Å². The summed E-state index contributed by atoms with van der Waals surface area (Å²) in [5.74, 6) is -0.271. The highest BCUT2D eigenvalue weighted by Gasteiger charge is 2.41. The fourth-order valence-electron chi connectivity index (χ4n) is 3.53. The van der Waals surface area contributed by atoms with Gasteiger partial charge in [-0.05, 0) is 32.1 Å². The number of carbonyl (C=O) groups excluding carboxylic acids is 2. The summed E-state index contributed by atoms with van der Waals surface area (Å²) >= 11 is 0. The minimum atomic E-state index is -0.590. The molecule has 0 radical (unpaired) electrons. The Hall–Kier alpha value is -1.16. The normalized spacial score (nSPS) is 27.5. The highest BCUT2D eigenvalue weighted by Crippen LogP contribution is 2.32. The van der Waals surface area contributed by atoms with Crippen LogP contribution in [-0.4, -0.2) is 29.1 Å². The van der Waals surface area contributed by atoms with Crippen molar-refractivity contribution in [2.24, 2.45) is 29.6 Å². The molecule has 0 aromatic rings. The number of ether oxygens (including phenoxy) is 1. The quantitative estimate of drug-likeness (QED) is 0.513. The predicted octanol–water partition coefficient (Wildman–Crippen LogP) is 3.77. The van der Waals surface area contributed by atoms with Gasteiger partial charge in [-0.15, -0.1) is 0 Å².